The van der Waals surface area contributed by atoms with E-state index in [2.05, 4.69) is 28.2 Å². The molecular formula is C14H20BrF2NO. The monoisotopic (exact) mass is 335 g/mol. The van der Waals surface area contributed by atoms with Crippen LogP contribution in [0.2, 0.25) is 0 Å². The molecule has 0 aliphatic rings. The molecule has 1 rings (SSSR count). The average Bonchev–Trinajstić information content (AvgIpc) is 2.35. The van der Waals surface area contributed by atoms with Crippen LogP contribution in [-0.4, -0.2) is 19.2 Å². The van der Waals surface area contributed by atoms with E-state index in [1.807, 2.05) is 6.92 Å². The second-order valence-electron chi connectivity index (χ2n) is 4.54. The van der Waals surface area contributed by atoms with Crippen molar-refractivity contribution in [2.75, 3.05) is 13.1 Å². The maximum atomic E-state index is 13.5. The lowest BCUT2D eigenvalue weighted by molar-refractivity contribution is 0.205. The van der Waals surface area contributed by atoms with Gasteiger partial charge in [-0.25, -0.2) is 4.39 Å². The van der Waals surface area contributed by atoms with Crippen molar-refractivity contribution >= 4 is 15.9 Å². The van der Waals surface area contributed by atoms with Gasteiger partial charge in [0.05, 0.1) is 0 Å². The van der Waals surface area contributed by atoms with Gasteiger partial charge in [-0.15, -0.1) is 0 Å². The minimum atomic E-state index is -0.943. The van der Waals surface area contributed by atoms with Gasteiger partial charge in [-0.3, -0.25) is 0 Å². The maximum absolute atomic E-state index is 13.5. The highest BCUT2D eigenvalue weighted by Gasteiger charge is 2.13. The predicted octanol–water partition coefficient (Wildman–Crippen LogP) is 4.27. The van der Waals surface area contributed by atoms with Crippen molar-refractivity contribution in [1.29, 1.82) is 0 Å². The normalized spacial score (nSPS) is 12.5. The molecule has 0 bridgehead atoms. The van der Waals surface area contributed by atoms with Crippen LogP contribution in [0.3, 0.4) is 0 Å². The summed E-state index contributed by atoms with van der Waals surface area (Å²) >= 11 is 3.12. The van der Waals surface area contributed by atoms with Crippen LogP contribution >= 0.6 is 15.9 Å². The topological polar surface area (TPSA) is 21.3 Å². The number of ether oxygens (including phenoxy) is 1. The number of hydrogen-bond acceptors (Lipinski definition) is 2. The molecule has 0 saturated carbocycles. The molecule has 0 spiro atoms. The molecule has 0 amide bonds. The van der Waals surface area contributed by atoms with Crippen molar-refractivity contribution in [3.8, 4) is 5.75 Å². The van der Waals surface area contributed by atoms with Crippen LogP contribution in [0.25, 0.3) is 0 Å². The maximum Gasteiger partial charge on any atom is 0.200 e. The fourth-order valence-corrected chi connectivity index (χ4v) is 2.09. The molecule has 108 valence electrons. The summed E-state index contributed by atoms with van der Waals surface area (Å²) in [5.74, 6) is -1.91. The molecule has 5 heteroatoms. The van der Waals surface area contributed by atoms with Crippen molar-refractivity contribution in [3.05, 3.63) is 28.2 Å². The second kappa shape index (κ2) is 8.48. The quantitative estimate of drug-likeness (QED) is 0.565. The van der Waals surface area contributed by atoms with E-state index in [-0.39, 0.29) is 11.9 Å². The number of benzene rings is 1. The van der Waals surface area contributed by atoms with Gasteiger partial charge in [0.25, 0.3) is 0 Å². The van der Waals surface area contributed by atoms with Gasteiger partial charge in [0.2, 0.25) is 5.82 Å². The zero-order valence-electron chi connectivity index (χ0n) is 11.3. The van der Waals surface area contributed by atoms with Gasteiger partial charge in [-0.2, -0.15) is 4.39 Å². The van der Waals surface area contributed by atoms with Crippen LogP contribution in [0, 0.1) is 11.6 Å². The van der Waals surface area contributed by atoms with Gasteiger partial charge in [-0.1, -0.05) is 35.7 Å². The van der Waals surface area contributed by atoms with E-state index in [4.69, 9.17) is 4.74 Å². The lowest BCUT2D eigenvalue weighted by Gasteiger charge is -2.16. The SMILES string of the molecule is CCCCCNCC(C)Oc1cc(Br)cc(F)c1F. The highest BCUT2D eigenvalue weighted by Crippen LogP contribution is 2.26. The Morgan fingerprint density at radius 1 is 1.32 bits per heavy atom. The van der Waals surface area contributed by atoms with E-state index in [0.29, 0.717) is 11.0 Å². The van der Waals surface area contributed by atoms with Crippen LogP contribution in [0.1, 0.15) is 33.1 Å². The molecule has 0 aliphatic heterocycles. The molecule has 0 heterocycles. The van der Waals surface area contributed by atoms with Gasteiger partial charge in [-0.05, 0) is 32.0 Å². The summed E-state index contributed by atoms with van der Waals surface area (Å²) in [5.41, 5.74) is 0. The van der Waals surface area contributed by atoms with Crippen LogP contribution in [0.15, 0.2) is 16.6 Å². The van der Waals surface area contributed by atoms with E-state index >= 15 is 0 Å². The van der Waals surface area contributed by atoms with Crippen molar-refractivity contribution in [3.63, 3.8) is 0 Å². The first-order valence-electron chi connectivity index (χ1n) is 6.56. The molecular weight excluding hydrogens is 316 g/mol. The largest absolute Gasteiger partial charge is 0.486 e. The number of hydrogen-bond donors (Lipinski definition) is 1. The molecule has 1 N–H and O–H groups in total. The minimum Gasteiger partial charge on any atom is -0.486 e. The molecule has 1 unspecified atom stereocenters. The summed E-state index contributed by atoms with van der Waals surface area (Å²) in [5, 5.41) is 3.24. The molecule has 0 aromatic heterocycles. The zero-order valence-corrected chi connectivity index (χ0v) is 12.9. The lowest BCUT2D eigenvalue weighted by atomic mass is 10.2. The Hall–Kier alpha value is -0.680. The Bertz CT molecular complexity index is 401. The fraction of sp³-hybridized carbons (Fsp3) is 0.571. The Balaban J connectivity index is 2.42. The van der Waals surface area contributed by atoms with Crippen molar-refractivity contribution < 1.29 is 13.5 Å². The number of nitrogens with one attached hydrogen (secondary N) is 1. The number of unbranched alkanes of at least 4 members (excludes halogenated alkanes) is 2. The first kappa shape index (κ1) is 16.4. The lowest BCUT2D eigenvalue weighted by Crippen LogP contribution is -2.29. The highest BCUT2D eigenvalue weighted by molar-refractivity contribution is 9.10. The summed E-state index contributed by atoms with van der Waals surface area (Å²) in [6, 6.07) is 2.52. The van der Waals surface area contributed by atoms with Crippen LogP contribution in [0.4, 0.5) is 8.78 Å². The molecule has 0 radical (unpaired) electrons. The Labute approximate surface area is 121 Å². The third kappa shape index (κ3) is 5.87. The van der Waals surface area contributed by atoms with E-state index in [9.17, 15) is 8.78 Å². The summed E-state index contributed by atoms with van der Waals surface area (Å²) < 4.78 is 32.5. The molecule has 1 atom stereocenters. The van der Waals surface area contributed by atoms with Gasteiger partial charge >= 0.3 is 0 Å². The van der Waals surface area contributed by atoms with E-state index < -0.39 is 11.6 Å². The summed E-state index contributed by atoms with van der Waals surface area (Å²) in [4.78, 5) is 0. The zero-order chi connectivity index (χ0) is 14.3. The molecule has 1 aromatic rings. The number of halogens is 3. The Kier molecular flexibility index (Phi) is 7.31. The van der Waals surface area contributed by atoms with Crippen molar-refractivity contribution in [1.82, 2.24) is 5.32 Å². The minimum absolute atomic E-state index is 0.0604. The van der Waals surface area contributed by atoms with Gasteiger partial charge < -0.3 is 10.1 Å². The highest BCUT2D eigenvalue weighted by atomic mass is 79.9. The molecule has 19 heavy (non-hydrogen) atoms. The fourth-order valence-electron chi connectivity index (χ4n) is 1.68. The second-order valence-corrected chi connectivity index (χ2v) is 5.46. The summed E-state index contributed by atoms with van der Waals surface area (Å²) in [6.45, 7) is 5.50. The van der Waals surface area contributed by atoms with Crippen LogP contribution < -0.4 is 10.1 Å². The van der Waals surface area contributed by atoms with E-state index in [1.165, 1.54) is 18.9 Å². The van der Waals surface area contributed by atoms with Gasteiger partial charge in [0, 0.05) is 11.0 Å². The van der Waals surface area contributed by atoms with Crippen molar-refractivity contribution in [2.45, 2.75) is 39.2 Å². The molecule has 1 aromatic carbocycles. The Morgan fingerprint density at radius 3 is 2.74 bits per heavy atom. The third-order valence-corrected chi connectivity index (χ3v) is 3.13. The van der Waals surface area contributed by atoms with Crippen LogP contribution in [0.5, 0.6) is 5.75 Å². The standard InChI is InChI=1S/C14H20BrF2NO/c1-3-4-5-6-18-9-10(2)19-13-8-11(15)7-12(16)14(13)17/h7-8,10,18H,3-6,9H2,1-2H3. The van der Waals surface area contributed by atoms with Crippen LogP contribution in [-0.2, 0) is 0 Å². The molecule has 0 fully saturated rings. The van der Waals surface area contributed by atoms with Gasteiger partial charge in [0.15, 0.2) is 11.6 Å². The molecule has 0 aliphatic carbocycles. The summed E-state index contributed by atoms with van der Waals surface area (Å²) in [7, 11) is 0. The first-order valence-corrected chi connectivity index (χ1v) is 7.35. The Morgan fingerprint density at radius 2 is 2.05 bits per heavy atom. The summed E-state index contributed by atoms with van der Waals surface area (Å²) in [6.07, 6.45) is 3.26. The molecule has 2 nitrogen and oxygen atoms in total. The smallest absolute Gasteiger partial charge is 0.200 e. The average molecular weight is 336 g/mol. The number of rotatable bonds is 8. The first-order chi connectivity index (χ1) is 9.04. The van der Waals surface area contributed by atoms with E-state index in [0.717, 1.165) is 19.0 Å². The predicted molar refractivity (Wildman–Crippen MR) is 76.5 cm³/mol. The van der Waals surface area contributed by atoms with E-state index in [1.54, 1.807) is 0 Å². The van der Waals surface area contributed by atoms with Crippen molar-refractivity contribution in [2.24, 2.45) is 0 Å². The third-order valence-electron chi connectivity index (χ3n) is 2.68. The van der Waals surface area contributed by atoms with Gasteiger partial charge in [0.1, 0.15) is 6.10 Å². The molecule has 0 saturated heterocycles.